The first-order valence-electron chi connectivity index (χ1n) is 7.86. The van der Waals surface area contributed by atoms with E-state index in [1.54, 1.807) is 14.2 Å². The SMILES string of the molecule is COc1ccc([C@H]2NC[C@@]3(C)CN2C[C@H](C)[C@H]3O)cc1OC. The Hall–Kier alpha value is -1.30. The molecule has 5 nitrogen and oxygen atoms in total. The smallest absolute Gasteiger partial charge is 0.161 e. The summed E-state index contributed by atoms with van der Waals surface area (Å²) in [7, 11) is 3.31. The molecule has 22 heavy (non-hydrogen) atoms. The van der Waals surface area contributed by atoms with Crippen LogP contribution >= 0.6 is 0 Å². The van der Waals surface area contributed by atoms with Gasteiger partial charge in [0.15, 0.2) is 11.5 Å². The van der Waals surface area contributed by atoms with Crippen LogP contribution in [0.15, 0.2) is 18.2 Å². The van der Waals surface area contributed by atoms with E-state index in [0.29, 0.717) is 0 Å². The zero-order valence-electron chi connectivity index (χ0n) is 13.8. The Bertz CT molecular complexity index is 551. The Labute approximate surface area is 132 Å². The minimum Gasteiger partial charge on any atom is -0.493 e. The highest BCUT2D eigenvalue weighted by atomic mass is 16.5. The fraction of sp³-hybridized carbons (Fsp3) is 0.647. The van der Waals surface area contributed by atoms with Gasteiger partial charge in [0.2, 0.25) is 0 Å². The van der Waals surface area contributed by atoms with Gasteiger partial charge in [-0.25, -0.2) is 0 Å². The zero-order chi connectivity index (χ0) is 15.9. The first kappa shape index (κ1) is 15.6. The van der Waals surface area contributed by atoms with Gasteiger partial charge in [0.1, 0.15) is 0 Å². The fourth-order valence-corrected chi connectivity index (χ4v) is 3.95. The molecule has 3 rings (SSSR count). The number of ether oxygens (including phenoxy) is 2. The van der Waals surface area contributed by atoms with Crippen LogP contribution in [0.2, 0.25) is 0 Å². The van der Waals surface area contributed by atoms with E-state index in [9.17, 15) is 5.11 Å². The molecule has 2 saturated heterocycles. The molecule has 1 unspecified atom stereocenters. The molecule has 5 atom stereocenters. The number of hydrogen-bond acceptors (Lipinski definition) is 5. The summed E-state index contributed by atoms with van der Waals surface area (Å²) in [6, 6.07) is 6.07. The number of hydrogen-bond donors (Lipinski definition) is 2. The van der Waals surface area contributed by atoms with Crippen LogP contribution in [0.3, 0.4) is 0 Å². The first-order valence-corrected chi connectivity index (χ1v) is 7.86. The third kappa shape index (κ3) is 2.47. The first-order chi connectivity index (χ1) is 10.5. The number of benzene rings is 1. The summed E-state index contributed by atoms with van der Waals surface area (Å²) in [6.45, 7) is 6.91. The summed E-state index contributed by atoms with van der Waals surface area (Å²) in [5.74, 6) is 1.78. The van der Waals surface area contributed by atoms with E-state index < -0.39 is 0 Å². The van der Waals surface area contributed by atoms with Crippen LogP contribution in [-0.2, 0) is 0 Å². The maximum atomic E-state index is 10.5. The molecule has 122 valence electrons. The molecule has 2 bridgehead atoms. The summed E-state index contributed by atoms with van der Waals surface area (Å²) in [5, 5.41) is 14.0. The van der Waals surface area contributed by atoms with Gasteiger partial charge < -0.3 is 14.6 Å². The third-order valence-corrected chi connectivity index (χ3v) is 5.13. The highest BCUT2D eigenvalue weighted by Crippen LogP contribution is 2.41. The van der Waals surface area contributed by atoms with E-state index in [-0.39, 0.29) is 23.6 Å². The topological polar surface area (TPSA) is 54.0 Å². The van der Waals surface area contributed by atoms with Gasteiger partial charge in [0.05, 0.1) is 26.5 Å². The molecule has 0 saturated carbocycles. The second-order valence-corrected chi connectivity index (χ2v) is 6.90. The highest BCUT2D eigenvalue weighted by Gasteiger charge is 2.47. The molecular formula is C17H26N2O3. The molecule has 2 aliphatic rings. The monoisotopic (exact) mass is 306 g/mol. The van der Waals surface area contributed by atoms with E-state index in [0.717, 1.165) is 31.1 Å². The summed E-state index contributed by atoms with van der Waals surface area (Å²) in [5.41, 5.74) is 1.09. The van der Waals surface area contributed by atoms with Crippen molar-refractivity contribution in [2.45, 2.75) is 26.1 Å². The van der Waals surface area contributed by atoms with Gasteiger partial charge in [-0.05, 0) is 23.6 Å². The van der Waals surface area contributed by atoms with Gasteiger partial charge in [-0.1, -0.05) is 19.9 Å². The molecule has 1 aromatic carbocycles. The lowest BCUT2D eigenvalue weighted by Gasteiger charge is -2.54. The maximum Gasteiger partial charge on any atom is 0.161 e. The lowest BCUT2D eigenvalue weighted by Crippen LogP contribution is -2.65. The van der Waals surface area contributed by atoms with Crippen LogP contribution < -0.4 is 14.8 Å². The summed E-state index contributed by atoms with van der Waals surface area (Å²) in [4.78, 5) is 2.42. The third-order valence-electron chi connectivity index (χ3n) is 5.13. The summed E-state index contributed by atoms with van der Waals surface area (Å²) in [6.07, 6.45) is -0.0922. The van der Waals surface area contributed by atoms with Crippen molar-refractivity contribution in [2.24, 2.45) is 11.3 Å². The lowest BCUT2D eigenvalue weighted by molar-refractivity contribution is -0.114. The number of fused-ring (bicyclic) bond motifs is 2. The Kier molecular flexibility index (Phi) is 4.05. The van der Waals surface area contributed by atoms with Crippen LogP contribution in [0.1, 0.15) is 25.6 Å². The number of methoxy groups -OCH3 is 2. The standard InChI is InChI=1S/C17H26N2O3/c1-11-8-19-10-17(2,15(11)20)9-18-16(19)12-5-6-13(21-3)14(7-12)22-4/h5-7,11,15-16,18,20H,8-10H2,1-4H3/t11-,15+,16-,17-/m0/s1. The van der Waals surface area contributed by atoms with Crippen molar-refractivity contribution in [1.82, 2.24) is 10.2 Å². The summed E-state index contributed by atoms with van der Waals surface area (Å²) >= 11 is 0. The van der Waals surface area contributed by atoms with Crippen molar-refractivity contribution in [3.05, 3.63) is 23.8 Å². The van der Waals surface area contributed by atoms with Crippen molar-refractivity contribution in [3.8, 4) is 11.5 Å². The fourth-order valence-electron chi connectivity index (χ4n) is 3.95. The number of nitrogens with zero attached hydrogens (tertiary/aromatic N) is 1. The molecular weight excluding hydrogens is 280 g/mol. The number of piperidine rings is 1. The minimum atomic E-state index is -0.248. The number of aliphatic hydroxyl groups is 1. The summed E-state index contributed by atoms with van der Waals surface area (Å²) < 4.78 is 10.7. The molecule has 2 aliphatic heterocycles. The quantitative estimate of drug-likeness (QED) is 0.889. The number of rotatable bonds is 3. The second kappa shape index (κ2) is 5.72. The molecule has 1 aromatic rings. The lowest BCUT2D eigenvalue weighted by atomic mass is 9.72. The minimum absolute atomic E-state index is 0.0786. The number of nitrogens with one attached hydrogen (secondary N) is 1. The molecule has 5 heteroatoms. The Morgan fingerprint density at radius 3 is 2.68 bits per heavy atom. The molecule has 0 radical (unpaired) electrons. The average Bonchev–Trinajstić information content (AvgIpc) is 2.52. The normalized spacial score (nSPS) is 37.7. The zero-order valence-corrected chi connectivity index (χ0v) is 13.8. The second-order valence-electron chi connectivity index (χ2n) is 6.90. The molecule has 0 amide bonds. The van der Waals surface area contributed by atoms with Gasteiger partial charge in [0, 0.05) is 25.0 Å². The largest absolute Gasteiger partial charge is 0.493 e. The van der Waals surface area contributed by atoms with Gasteiger partial charge in [-0.15, -0.1) is 0 Å². The van der Waals surface area contributed by atoms with Crippen molar-refractivity contribution in [2.75, 3.05) is 33.9 Å². The van der Waals surface area contributed by atoms with Gasteiger partial charge in [-0.2, -0.15) is 0 Å². The maximum absolute atomic E-state index is 10.5. The van der Waals surface area contributed by atoms with Gasteiger partial charge in [-0.3, -0.25) is 10.2 Å². The van der Waals surface area contributed by atoms with E-state index in [2.05, 4.69) is 30.1 Å². The van der Waals surface area contributed by atoms with E-state index in [1.165, 1.54) is 5.56 Å². The highest BCUT2D eigenvalue weighted by molar-refractivity contribution is 5.43. The van der Waals surface area contributed by atoms with Crippen LogP contribution in [0.25, 0.3) is 0 Å². The Morgan fingerprint density at radius 1 is 1.27 bits per heavy atom. The predicted octanol–water partition coefficient (Wildman–Crippen LogP) is 1.62. The van der Waals surface area contributed by atoms with Crippen LogP contribution in [0.4, 0.5) is 0 Å². The van der Waals surface area contributed by atoms with Crippen molar-refractivity contribution in [1.29, 1.82) is 0 Å². The molecule has 2 N–H and O–H groups in total. The Balaban J connectivity index is 1.87. The molecule has 2 heterocycles. The van der Waals surface area contributed by atoms with E-state index in [1.807, 2.05) is 12.1 Å². The molecule has 2 fully saturated rings. The predicted molar refractivity (Wildman–Crippen MR) is 85.1 cm³/mol. The van der Waals surface area contributed by atoms with E-state index >= 15 is 0 Å². The van der Waals surface area contributed by atoms with Crippen LogP contribution in [0.5, 0.6) is 11.5 Å². The Morgan fingerprint density at radius 2 is 2.00 bits per heavy atom. The van der Waals surface area contributed by atoms with Gasteiger partial charge >= 0.3 is 0 Å². The van der Waals surface area contributed by atoms with Crippen LogP contribution in [0, 0.1) is 11.3 Å². The van der Waals surface area contributed by atoms with Gasteiger partial charge in [0.25, 0.3) is 0 Å². The van der Waals surface area contributed by atoms with Crippen molar-refractivity contribution in [3.63, 3.8) is 0 Å². The average molecular weight is 306 g/mol. The van der Waals surface area contributed by atoms with Crippen molar-refractivity contribution < 1.29 is 14.6 Å². The van der Waals surface area contributed by atoms with E-state index in [4.69, 9.17) is 9.47 Å². The van der Waals surface area contributed by atoms with Crippen molar-refractivity contribution >= 4 is 0 Å². The number of aliphatic hydroxyl groups excluding tert-OH is 1. The molecule has 0 aromatic heterocycles. The molecule has 0 spiro atoms. The van der Waals surface area contributed by atoms with Crippen LogP contribution in [-0.4, -0.2) is 50.0 Å². The molecule has 0 aliphatic carbocycles.